The van der Waals surface area contributed by atoms with Crippen LogP contribution in [0, 0.1) is 13.8 Å². The first-order valence-corrected chi connectivity index (χ1v) is 10.8. The van der Waals surface area contributed by atoms with Gasteiger partial charge in [0.25, 0.3) is 5.91 Å². The summed E-state index contributed by atoms with van der Waals surface area (Å²) in [6.07, 6.45) is 2.60. The van der Waals surface area contributed by atoms with E-state index in [-0.39, 0.29) is 4.90 Å². The van der Waals surface area contributed by atoms with E-state index in [0.717, 1.165) is 22.4 Å². The third-order valence-corrected chi connectivity index (χ3v) is 6.88. The lowest BCUT2D eigenvalue weighted by Gasteiger charge is -2.22. The third-order valence-electron chi connectivity index (χ3n) is 4.95. The lowest BCUT2D eigenvalue weighted by atomic mass is 10.1. The van der Waals surface area contributed by atoms with Crippen molar-refractivity contribution in [3.63, 3.8) is 0 Å². The zero-order valence-electron chi connectivity index (χ0n) is 16.8. The summed E-state index contributed by atoms with van der Waals surface area (Å²) in [5, 5.41) is 3.99. The minimum absolute atomic E-state index is 0.193. The molecule has 1 amide bonds. The van der Waals surface area contributed by atoms with Crippen LogP contribution in [0.2, 0.25) is 0 Å². The van der Waals surface area contributed by atoms with Gasteiger partial charge in [-0.25, -0.2) is 13.8 Å². The molecule has 29 heavy (non-hydrogen) atoms. The molecule has 0 radical (unpaired) electrons. The van der Waals surface area contributed by atoms with Gasteiger partial charge in [-0.05, 0) is 56.0 Å². The van der Waals surface area contributed by atoms with Crippen molar-refractivity contribution in [2.75, 3.05) is 13.7 Å². The second-order valence-electron chi connectivity index (χ2n) is 7.05. The average Bonchev–Trinajstić information content (AvgIpc) is 3.20. The van der Waals surface area contributed by atoms with E-state index in [1.165, 1.54) is 10.5 Å². The molecule has 7 nitrogen and oxygen atoms in total. The first-order chi connectivity index (χ1) is 13.8. The van der Waals surface area contributed by atoms with E-state index in [0.29, 0.717) is 19.4 Å². The highest BCUT2D eigenvalue weighted by Crippen LogP contribution is 2.26. The number of sulfonamides is 1. The van der Waals surface area contributed by atoms with Gasteiger partial charge in [0.2, 0.25) is 10.0 Å². The maximum Gasteiger partial charge on any atom is 0.258 e. The standard InChI is InChI=1S/C21H25N3O4S/c1-15-6-10-18(11-7-15)29(26,27)24-12-4-5-19(24)21(25)23-22-14-17-9-8-16(2)20(13-17)28-3/h6-11,13-14,19H,4-5,12H2,1-3H3,(H,23,25)/b22-14+. The molecule has 1 atom stereocenters. The second kappa shape index (κ2) is 8.75. The van der Waals surface area contributed by atoms with Gasteiger partial charge in [0.05, 0.1) is 18.2 Å². The van der Waals surface area contributed by atoms with Gasteiger partial charge < -0.3 is 4.74 Å². The van der Waals surface area contributed by atoms with E-state index in [1.807, 2.05) is 32.0 Å². The lowest BCUT2D eigenvalue weighted by Crippen LogP contribution is -2.44. The summed E-state index contributed by atoms with van der Waals surface area (Å²) >= 11 is 0. The van der Waals surface area contributed by atoms with E-state index in [9.17, 15) is 13.2 Å². The van der Waals surface area contributed by atoms with Crippen molar-refractivity contribution in [2.45, 2.75) is 37.6 Å². The number of aryl methyl sites for hydroxylation is 2. The van der Waals surface area contributed by atoms with Gasteiger partial charge in [-0.2, -0.15) is 9.41 Å². The molecule has 1 unspecified atom stereocenters. The number of carbonyl (C=O) groups excluding carboxylic acids is 1. The van der Waals surface area contributed by atoms with E-state index in [1.54, 1.807) is 31.4 Å². The van der Waals surface area contributed by atoms with Crippen LogP contribution in [0.3, 0.4) is 0 Å². The number of nitrogens with zero attached hydrogens (tertiary/aromatic N) is 2. The van der Waals surface area contributed by atoms with Crippen LogP contribution in [-0.4, -0.2) is 44.5 Å². The zero-order valence-corrected chi connectivity index (χ0v) is 17.6. The molecule has 1 saturated heterocycles. The highest BCUT2D eigenvalue weighted by molar-refractivity contribution is 7.89. The first-order valence-electron chi connectivity index (χ1n) is 9.39. The molecule has 2 aromatic carbocycles. The number of hydrogen-bond acceptors (Lipinski definition) is 5. The van der Waals surface area contributed by atoms with Gasteiger partial charge in [0, 0.05) is 6.54 Å². The van der Waals surface area contributed by atoms with Crippen molar-refractivity contribution in [3.05, 3.63) is 59.2 Å². The van der Waals surface area contributed by atoms with Gasteiger partial charge in [0.15, 0.2) is 0 Å². The van der Waals surface area contributed by atoms with Crippen molar-refractivity contribution >= 4 is 22.1 Å². The minimum atomic E-state index is -3.74. The number of benzene rings is 2. The Balaban J connectivity index is 1.71. The number of nitrogens with one attached hydrogen (secondary N) is 1. The Kier molecular flexibility index (Phi) is 6.34. The molecule has 0 saturated carbocycles. The Morgan fingerprint density at radius 1 is 1.21 bits per heavy atom. The third kappa shape index (κ3) is 4.65. The molecule has 8 heteroatoms. The molecule has 1 fully saturated rings. The summed E-state index contributed by atoms with van der Waals surface area (Å²) in [6.45, 7) is 4.14. The summed E-state index contributed by atoms with van der Waals surface area (Å²) in [4.78, 5) is 12.8. The molecule has 0 aliphatic carbocycles. The Labute approximate surface area is 171 Å². The Bertz CT molecular complexity index is 1020. The van der Waals surface area contributed by atoms with Crippen LogP contribution in [0.4, 0.5) is 0 Å². The van der Waals surface area contributed by atoms with Crippen LogP contribution in [0.1, 0.15) is 29.5 Å². The number of methoxy groups -OCH3 is 1. The number of amides is 1. The number of carbonyl (C=O) groups is 1. The molecule has 0 aromatic heterocycles. The second-order valence-corrected chi connectivity index (χ2v) is 8.94. The Morgan fingerprint density at radius 2 is 1.93 bits per heavy atom. The predicted octanol–water partition coefficient (Wildman–Crippen LogP) is 2.62. The van der Waals surface area contributed by atoms with Gasteiger partial charge in [-0.1, -0.05) is 29.8 Å². The molecule has 2 aromatic rings. The molecule has 154 valence electrons. The largest absolute Gasteiger partial charge is 0.496 e. The molecule has 0 bridgehead atoms. The highest BCUT2D eigenvalue weighted by Gasteiger charge is 2.39. The fourth-order valence-corrected chi connectivity index (χ4v) is 4.95. The van der Waals surface area contributed by atoms with Gasteiger partial charge in [-0.15, -0.1) is 0 Å². The summed E-state index contributed by atoms with van der Waals surface area (Å²) in [5.41, 5.74) is 5.21. The fraction of sp³-hybridized carbons (Fsp3) is 0.333. The zero-order chi connectivity index (χ0) is 21.0. The van der Waals surface area contributed by atoms with Crippen molar-refractivity contribution in [3.8, 4) is 5.75 Å². The van der Waals surface area contributed by atoms with Crippen LogP contribution in [-0.2, 0) is 14.8 Å². The SMILES string of the molecule is COc1cc(/C=N/NC(=O)C2CCCN2S(=O)(=O)c2ccc(C)cc2)ccc1C. The summed E-state index contributed by atoms with van der Waals surface area (Å²) in [7, 11) is -2.15. The summed E-state index contributed by atoms with van der Waals surface area (Å²) < 4.78 is 32.4. The molecule has 1 aliphatic heterocycles. The summed E-state index contributed by atoms with van der Waals surface area (Å²) in [6, 6.07) is 11.4. The van der Waals surface area contributed by atoms with E-state index in [4.69, 9.17) is 4.74 Å². The van der Waals surface area contributed by atoms with Crippen molar-refractivity contribution < 1.29 is 17.9 Å². The van der Waals surface area contributed by atoms with Crippen LogP contribution in [0.15, 0.2) is 52.5 Å². The van der Waals surface area contributed by atoms with Gasteiger partial charge in [-0.3, -0.25) is 4.79 Å². The van der Waals surface area contributed by atoms with Crippen LogP contribution < -0.4 is 10.2 Å². The smallest absolute Gasteiger partial charge is 0.258 e. The Morgan fingerprint density at radius 3 is 2.62 bits per heavy atom. The lowest BCUT2D eigenvalue weighted by molar-refractivity contribution is -0.124. The van der Waals surface area contributed by atoms with Gasteiger partial charge in [0.1, 0.15) is 11.8 Å². The highest BCUT2D eigenvalue weighted by atomic mass is 32.2. The van der Waals surface area contributed by atoms with E-state index < -0.39 is 22.0 Å². The molecular weight excluding hydrogens is 390 g/mol. The fourth-order valence-electron chi connectivity index (χ4n) is 3.30. The number of hydrazone groups is 1. The maximum absolute atomic E-state index is 13.0. The van der Waals surface area contributed by atoms with Crippen LogP contribution in [0.5, 0.6) is 5.75 Å². The number of rotatable bonds is 6. The molecule has 1 heterocycles. The molecule has 0 spiro atoms. The molecule has 1 aliphatic rings. The quantitative estimate of drug-likeness (QED) is 0.580. The van der Waals surface area contributed by atoms with E-state index in [2.05, 4.69) is 10.5 Å². The monoisotopic (exact) mass is 415 g/mol. The van der Waals surface area contributed by atoms with Crippen molar-refractivity contribution in [1.29, 1.82) is 0 Å². The number of ether oxygens (including phenoxy) is 1. The topological polar surface area (TPSA) is 88.1 Å². The Hall–Kier alpha value is -2.71. The van der Waals surface area contributed by atoms with Gasteiger partial charge >= 0.3 is 0 Å². The molecular formula is C21H25N3O4S. The molecule has 3 rings (SSSR count). The summed E-state index contributed by atoms with van der Waals surface area (Å²) in [5.74, 6) is 0.292. The normalized spacial score (nSPS) is 17.6. The maximum atomic E-state index is 13.0. The molecule has 1 N–H and O–H groups in total. The van der Waals surface area contributed by atoms with Crippen molar-refractivity contribution in [1.82, 2.24) is 9.73 Å². The first kappa shape index (κ1) is 21.0. The number of hydrogen-bond donors (Lipinski definition) is 1. The van der Waals surface area contributed by atoms with Crippen LogP contribution in [0.25, 0.3) is 0 Å². The van der Waals surface area contributed by atoms with E-state index >= 15 is 0 Å². The van der Waals surface area contributed by atoms with Crippen molar-refractivity contribution in [2.24, 2.45) is 5.10 Å². The minimum Gasteiger partial charge on any atom is -0.496 e. The predicted molar refractivity (Wildman–Crippen MR) is 112 cm³/mol. The van der Waals surface area contributed by atoms with Crippen LogP contribution >= 0.6 is 0 Å². The average molecular weight is 416 g/mol.